The van der Waals surface area contributed by atoms with E-state index < -0.39 is 0 Å². The van der Waals surface area contributed by atoms with E-state index in [1.165, 1.54) is 38.8 Å². The Labute approximate surface area is 143 Å². The highest BCUT2D eigenvalue weighted by Crippen LogP contribution is 2.17. The van der Waals surface area contributed by atoms with Crippen LogP contribution in [0.3, 0.4) is 0 Å². The summed E-state index contributed by atoms with van der Waals surface area (Å²) in [5.41, 5.74) is 0. The molecule has 1 heterocycles. The van der Waals surface area contributed by atoms with Crippen LogP contribution in [0.25, 0.3) is 0 Å². The predicted molar refractivity (Wildman–Crippen MR) is 100 cm³/mol. The van der Waals surface area contributed by atoms with E-state index in [0.29, 0.717) is 0 Å². The van der Waals surface area contributed by atoms with Gasteiger partial charge in [-0.25, -0.2) is 0 Å². The fraction of sp³-hybridized carbons (Fsp3) is 0.684. The van der Waals surface area contributed by atoms with Crippen LogP contribution in [0.5, 0.6) is 0 Å². The lowest BCUT2D eigenvalue weighted by Gasteiger charge is -2.28. The molecular formula is C19H37N4+. The summed E-state index contributed by atoms with van der Waals surface area (Å²) in [4.78, 5) is 4.60. The molecule has 23 heavy (non-hydrogen) atoms. The lowest BCUT2D eigenvalue weighted by atomic mass is 10.2. The summed E-state index contributed by atoms with van der Waals surface area (Å²) in [5, 5.41) is 3.27. The molecule has 1 atom stereocenters. The number of quaternary nitrogens is 1. The molecule has 1 aliphatic heterocycles. The Morgan fingerprint density at radius 1 is 1.26 bits per heavy atom. The molecule has 4 nitrogen and oxygen atoms in total. The first-order chi connectivity index (χ1) is 11.1. The van der Waals surface area contributed by atoms with Crippen molar-refractivity contribution in [3.8, 4) is 0 Å². The lowest BCUT2D eigenvalue weighted by molar-refractivity contribution is -0.861. The molecule has 0 aromatic rings. The number of nitrogens with one attached hydrogen (secondary N) is 1. The number of unbranched alkanes of at least 4 members (excludes halogenated alkanes) is 2. The standard InChI is InChI=1S/C19H37N4/c1-5-11-20-12-15-21(7-3)14-9-8-10-17-23(4)18-16-22(19-23)13-6-2/h7,12,15-16,18,20H,3,5-6,8-11,13-14,17,19H2,1-2,4H3/q+1/b15-12-. The summed E-state index contributed by atoms with van der Waals surface area (Å²) in [6.45, 7) is 13.9. The van der Waals surface area contributed by atoms with Gasteiger partial charge in [0.2, 0.25) is 0 Å². The first-order valence-corrected chi connectivity index (χ1v) is 9.19. The predicted octanol–water partition coefficient (Wildman–Crippen LogP) is 3.67. The third kappa shape index (κ3) is 8.12. The third-order valence-electron chi connectivity index (χ3n) is 4.25. The Hall–Kier alpha value is -1.42. The smallest absolute Gasteiger partial charge is 0.158 e. The van der Waals surface area contributed by atoms with E-state index in [2.05, 4.69) is 61.2 Å². The van der Waals surface area contributed by atoms with Gasteiger partial charge in [0, 0.05) is 32.0 Å². The molecule has 0 fully saturated rings. The maximum absolute atomic E-state index is 3.89. The normalized spacial score (nSPS) is 20.4. The first-order valence-electron chi connectivity index (χ1n) is 9.19. The van der Waals surface area contributed by atoms with E-state index in [1.54, 1.807) is 0 Å². The Balaban J connectivity index is 2.13. The quantitative estimate of drug-likeness (QED) is 0.412. The molecule has 0 aromatic heterocycles. The highest BCUT2D eigenvalue weighted by atomic mass is 15.5. The van der Waals surface area contributed by atoms with Crippen molar-refractivity contribution < 1.29 is 4.48 Å². The molecule has 0 aliphatic carbocycles. The van der Waals surface area contributed by atoms with Crippen molar-refractivity contribution in [2.75, 3.05) is 39.9 Å². The molecule has 0 saturated heterocycles. The van der Waals surface area contributed by atoms with Gasteiger partial charge in [0.15, 0.2) is 6.67 Å². The van der Waals surface area contributed by atoms with Crippen LogP contribution < -0.4 is 5.32 Å². The molecule has 4 heteroatoms. The molecule has 1 unspecified atom stereocenters. The third-order valence-corrected chi connectivity index (χ3v) is 4.25. The highest BCUT2D eigenvalue weighted by Gasteiger charge is 2.25. The Kier molecular flexibility index (Phi) is 9.53. The van der Waals surface area contributed by atoms with E-state index >= 15 is 0 Å². The Morgan fingerprint density at radius 2 is 2.09 bits per heavy atom. The van der Waals surface area contributed by atoms with Crippen LogP contribution >= 0.6 is 0 Å². The molecule has 132 valence electrons. The Morgan fingerprint density at radius 3 is 2.78 bits per heavy atom. The summed E-state index contributed by atoms with van der Waals surface area (Å²) in [7, 11) is 2.34. The van der Waals surface area contributed by atoms with Crippen LogP contribution in [0.4, 0.5) is 0 Å². The SMILES string of the molecule is C=CN(/C=C\NCCC)CCCCC[N+]1(C)C=CN(CCC)C1. The van der Waals surface area contributed by atoms with Crippen LogP contribution in [-0.2, 0) is 0 Å². The average molecular weight is 322 g/mol. The van der Waals surface area contributed by atoms with Crippen molar-refractivity contribution in [2.45, 2.75) is 46.0 Å². The molecular weight excluding hydrogens is 284 g/mol. The molecule has 0 spiro atoms. The number of hydrogen-bond donors (Lipinski definition) is 1. The summed E-state index contributed by atoms with van der Waals surface area (Å²) in [6.07, 6.45) is 16.8. The zero-order chi connectivity index (χ0) is 17.0. The number of rotatable bonds is 13. The molecule has 1 N–H and O–H groups in total. The van der Waals surface area contributed by atoms with Gasteiger partial charge in [-0.3, -0.25) is 4.48 Å². The van der Waals surface area contributed by atoms with Crippen LogP contribution in [0.15, 0.2) is 37.6 Å². The Bertz CT molecular complexity index is 378. The van der Waals surface area contributed by atoms with Crippen LogP contribution in [-0.4, -0.2) is 54.2 Å². The van der Waals surface area contributed by atoms with Crippen molar-refractivity contribution in [3.63, 3.8) is 0 Å². The zero-order valence-corrected chi connectivity index (χ0v) is 15.5. The van der Waals surface area contributed by atoms with Gasteiger partial charge in [-0.1, -0.05) is 20.4 Å². The molecule has 0 bridgehead atoms. The van der Waals surface area contributed by atoms with Gasteiger partial charge < -0.3 is 15.1 Å². The van der Waals surface area contributed by atoms with Crippen molar-refractivity contribution >= 4 is 0 Å². The van der Waals surface area contributed by atoms with E-state index in [-0.39, 0.29) is 0 Å². The van der Waals surface area contributed by atoms with Crippen LogP contribution in [0, 0.1) is 0 Å². The summed E-state index contributed by atoms with van der Waals surface area (Å²) >= 11 is 0. The first kappa shape index (κ1) is 19.6. The summed E-state index contributed by atoms with van der Waals surface area (Å²) in [6, 6.07) is 0. The fourth-order valence-corrected chi connectivity index (χ4v) is 2.89. The van der Waals surface area contributed by atoms with Crippen molar-refractivity contribution in [1.82, 2.24) is 15.1 Å². The van der Waals surface area contributed by atoms with Gasteiger partial charge in [-0.15, -0.1) is 0 Å². The maximum Gasteiger partial charge on any atom is 0.158 e. The molecule has 1 rings (SSSR count). The largest absolute Gasteiger partial charge is 0.390 e. The van der Waals surface area contributed by atoms with Crippen molar-refractivity contribution in [3.05, 3.63) is 37.6 Å². The second-order valence-electron chi connectivity index (χ2n) is 6.71. The highest BCUT2D eigenvalue weighted by molar-refractivity contribution is 4.86. The van der Waals surface area contributed by atoms with Gasteiger partial charge in [0.25, 0.3) is 0 Å². The summed E-state index contributed by atoms with van der Waals surface area (Å²) < 4.78 is 1.06. The van der Waals surface area contributed by atoms with Crippen LogP contribution in [0.2, 0.25) is 0 Å². The molecule has 0 aromatic carbocycles. The molecule has 0 saturated carbocycles. The van der Waals surface area contributed by atoms with E-state index in [1.807, 2.05) is 12.4 Å². The monoisotopic (exact) mass is 321 g/mol. The minimum atomic E-state index is 1.03. The van der Waals surface area contributed by atoms with Crippen molar-refractivity contribution in [2.24, 2.45) is 0 Å². The fourth-order valence-electron chi connectivity index (χ4n) is 2.89. The van der Waals surface area contributed by atoms with E-state index in [4.69, 9.17) is 0 Å². The minimum absolute atomic E-state index is 1.03. The summed E-state index contributed by atoms with van der Waals surface area (Å²) in [5.74, 6) is 0. The van der Waals surface area contributed by atoms with Gasteiger partial charge in [0.05, 0.1) is 19.8 Å². The van der Waals surface area contributed by atoms with Crippen LogP contribution in [0.1, 0.15) is 46.0 Å². The maximum atomic E-state index is 3.89. The van der Waals surface area contributed by atoms with Gasteiger partial charge >= 0.3 is 0 Å². The second-order valence-corrected chi connectivity index (χ2v) is 6.71. The van der Waals surface area contributed by atoms with E-state index in [9.17, 15) is 0 Å². The number of nitrogens with zero attached hydrogens (tertiary/aromatic N) is 3. The average Bonchev–Trinajstić information content (AvgIpc) is 2.91. The molecule has 0 amide bonds. The molecule has 0 radical (unpaired) electrons. The van der Waals surface area contributed by atoms with Gasteiger partial charge in [-0.2, -0.15) is 0 Å². The molecule has 1 aliphatic rings. The minimum Gasteiger partial charge on any atom is -0.390 e. The van der Waals surface area contributed by atoms with Gasteiger partial charge in [-0.05, 0) is 38.3 Å². The van der Waals surface area contributed by atoms with Gasteiger partial charge in [0.1, 0.15) is 6.20 Å². The topological polar surface area (TPSA) is 18.5 Å². The van der Waals surface area contributed by atoms with Crippen molar-refractivity contribution in [1.29, 1.82) is 0 Å². The lowest BCUT2D eigenvalue weighted by Crippen LogP contribution is -2.41. The zero-order valence-electron chi connectivity index (χ0n) is 15.5. The number of hydrogen-bond acceptors (Lipinski definition) is 3. The second kappa shape index (κ2) is 11.2. The van der Waals surface area contributed by atoms with E-state index in [0.717, 1.165) is 30.7 Å².